The molecule has 0 amide bonds. The summed E-state index contributed by atoms with van der Waals surface area (Å²) in [5, 5.41) is 9.11. The van der Waals surface area contributed by atoms with Crippen LogP contribution >= 0.6 is 0 Å². The van der Waals surface area contributed by atoms with Gasteiger partial charge in [0.05, 0.1) is 5.69 Å². The van der Waals surface area contributed by atoms with Gasteiger partial charge in [-0.25, -0.2) is 9.97 Å². The molecule has 0 aliphatic heterocycles. The zero-order chi connectivity index (χ0) is 21.1. The van der Waals surface area contributed by atoms with E-state index >= 15 is 0 Å². The molecule has 0 fully saturated rings. The predicted molar refractivity (Wildman–Crippen MR) is 124 cm³/mol. The van der Waals surface area contributed by atoms with Crippen molar-refractivity contribution < 1.29 is 0 Å². The summed E-state index contributed by atoms with van der Waals surface area (Å²) in [6.07, 6.45) is 1.91. The van der Waals surface area contributed by atoms with Gasteiger partial charge in [0, 0.05) is 49.4 Å². The minimum absolute atomic E-state index is 0.654. The van der Waals surface area contributed by atoms with Gasteiger partial charge >= 0.3 is 0 Å². The molecular weight excluding hydrogens is 372 g/mol. The largest absolute Gasteiger partial charge is 0.366 e. The SMILES string of the molecule is CCN(CC)c1nc2c(cc1CNc1ccc(-c3ccccc3)cn1)c(C)nn2C. The molecule has 4 rings (SSSR count). The van der Waals surface area contributed by atoms with Crippen molar-refractivity contribution in [3.8, 4) is 11.1 Å². The van der Waals surface area contributed by atoms with Crippen LogP contribution in [0, 0.1) is 6.92 Å². The Kier molecular flexibility index (Phi) is 5.65. The summed E-state index contributed by atoms with van der Waals surface area (Å²) >= 11 is 0. The van der Waals surface area contributed by atoms with E-state index in [1.165, 1.54) is 5.56 Å². The fourth-order valence-corrected chi connectivity index (χ4v) is 3.79. The van der Waals surface area contributed by atoms with Gasteiger partial charge in [0.2, 0.25) is 0 Å². The maximum atomic E-state index is 4.97. The van der Waals surface area contributed by atoms with Gasteiger partial charge in [-0.05, 0) is 44.5 Å². The van der Waals surface area contributed by atoms with Crippen LogP contribution in [0.1, 0.15) is 25.1 Å². The summed E-state index contributed by atoms with van der Waals surface area (Å²) in [5.74, 6) is 1.85. The first kappa shape index (κ1) is 19.9. The average Bonchev–Trinajstić information content (AvgIpc) is 3.06. The van der Waals surface area contributed by atoms with Crippen molar-refractivity contribution >= 4 is 22.7 Å². The lowest BCUT2D eigenvalue weighted by Gasteiger charge is -2.23. The van der Waals surface area contributed by atoms with Crippen molar-refractivity contribution in [2.45, 2.75) is 27.3 Å². The Morgan fingerprint density at radius 2 is 1.77 bits per heavy atom. The number of aromatic nitrogens is 4. The van der Waals surface area contributed by atoms with E-state index in [4.69, 9.17) is 4.98 Å². The molecule has 0 aliphatic rings. The maximum Gasteiger partial charge on any atom is 0.160 e. The minimum Gasteiger partial charge on any atom is -0.366 e. The van der Waals surface area contributed by atoms with Gasteiger partial charge in [-0.15, -0.1) is 0 Å². The highest BCUT2D eigenvalue weighted by atomic mass is 15.3. The number of aryl methyl sites for hydroxylation is 2. The van der Waals surface area contributed by atoms with E-state index in [0.29, 0.717) is 6.54 Å². The molecule has 0 radical (unpaired) electrons. The van der Waals surface area contributed by atoms with Crippen LogP contribution in [0.3, 0.4) is 0 Å². The number of anilines is 2. The van der Waals surface area contributed by atoms with Crippen LogP contribution in [-0.4, -0.2) is 32.8 Å². The van der Waals surface area contributed by atoms with Crippen LogP contribution in [0.4, 0.5) is 11.6 Å². The van der Waals surface area contributed by atoms with Gasteiger partial charge in [-0.1, -0.05) is 30.3 Å². The van der Waals surface area contributed by atoms with E-state index in [2.05, 4.69) is 58.4 Å². The number of rotatable bonds is 7. The summed E-state index contributed by atoms with van der Waals surface area (Å²) < 4.78 is 1.86. The summed E-state index contributed by atoms with van der Waals surface area (Å²) in [6, 6.07) is 16.6. The lowest BCUT2D eigenvalue weighted by molar-refractivity contribution is 0.768. The summed E-state index contributed by atoms with van der Waals surface area (Å²) in [4.78, 5) is 11.9. The molecule has 30 heavy (non-hydrogen) atoms. The van der Waals surface area contributed by atoms with Gasteiger partial charge in [-0.2, -0.15) is 5.10 Å². The van der Waals surface area contributed by atoms with Gasteiger partial charge < -0.3 is 10.2 Å². The van der Waals surface area contributed by atoms with E-state index in [-0.39, 0.29) is 0 Å². The Morgan fingerprint density at radius 1 is 1.00 bits per heavy atom. The molecule has 3 heterocycles. The van der Waals surface area contributed by atoms with Gasteiger partial charge in [-0.3, -0.25) is 4.68 Å². The number of hydrogen-bond acceptors (Lipinski definition) is 5. The fraction of sp³-hybridized carbons (Fsp3) is 0.292. The zero-order valence-corrected chi connectivity index (χ0v) is 18.1. The van der Waals surface area contributed by atoms with Crippen LogP contribution in [0.15, 0.2) is 54.7 Å². The van der Waals surface area contributed by atoms with Crippen molar-refractivity contribution in [3.05, 3.63) is 66.0 Å². The Bertz CT molecular complexity index is 1130. The van der Waals surface area contributed by atoms with Crippen LogP contribution in [-0.2, 0) is 13.6 Å². The molecule has 0 saturated heterocycles. The molecule has 0 unspecified atom stereocenters. The minimum atomic E-state index is 0.654. The van der Waals surface area contributed by atoms with Crippen LogP contribution in [0.25, 0.3) is 22.2 Å². The molecule has 0 saturated carbocycles. The Hall–Kier alpha value is -3.41. The van der Waals surface area contributed by atoms with Crippen LogP contribution in [0.2, 0.25) is 0 Å². The molecule has 0 bridgehead atoms. The molecule has 3 aromatic heterocycles. The van der Waals surface area contributed by atoms with Crippen LogP contribution < -0.4 is 10.2 Å². The first-order chi connectivity index (χ1) is 14.6. The smallest absolute Gasteiger partial charge is 0.160 e. The highest BCUT2D eigenvalue weighted by Crippen LogP contribution is 2.26. The molecule has 6 nitrogen and oxygen atoms in total. The number of nitrogens with one attached hydrogen (secondary N) is 1. The highest BCUT2D eigenvalue weighted by molar-refractivity contribution is 5.81. The monoisotopic (exact) mass is 400 g/mol. The normalized spacial score (nSPS) is 11.1. The second-order valence-corrected chi connectivity index (χ2v) is 7.38. The Labute approximate surface area is 177 Å². The number of nitrogens with zero attached hydrogens (tertiary/aromatic N) is 5. The third-order valence-corrected chi connectivity index (χ3v) is 5.45. The molecule has 0 aliphatic carbocycles. The predicted octanol–water partition coefficient (Wildman–Crippen LogP) is 4.80. The third kappa shape index (κ3) is 3.85. The molecule has 154 valence electrons. The van der Waals surface area contributed by atoms with E-state index in [9.17, 15) is 0 Å². The molecule has 0 atom stereocenters. The lowest BCUT2D eigenvalue weighted by Crippen LogP contribution is -2.25. The maximum absolute atomic E-state index is 4.97. The first-order valence-corrected chi connectivity index (χ1v) is 10.4. The molecule has 0 spiro atoms. The van der Waals surface area contributed by atoms with Crippen molar-refractivity contribution in [3.63, 3.8) is 0 Å². The Balaban J connectivity index is 1.61. The van der Waals surface area contributed by atoms with Gasteiger partial charge in [0.1, 0.15) is 11.6 Å². The lowest BCUT2D eigenvalue weighted by atomic mass is 10.1. The Morgan fingerprint density at radius 3 is 2.43 bits per heavy atom. The van der Waals surface area contributed by atoms with Crippen molar-refractivity contribution in [2.75, 3.05) is 23.3 Å². The third-order valence-electron chi connectivity index (χ3n) is 5.45. The fourth-order valence-electron chi connectivity index (χ4n) is 3.79. The average molecular weight is 401 g/mol. The van der Waals surface area contributed by atoms with Crippen molar-refractivity contribution in [1.29, 1.82) is 0 Å². The van der Waals surface area contributed by atoms with Crippen molar-refractivity contribution in [1.82, 2.24) is 19.7 Å². The summed E-state index contributed by atoms with van der Waals surface area (Å²) in [7, 11) is 1.95. The van der Waals surface area contributed by atoms with E-state index in [0.717, 1.165) is 52.6 Å². The molecule has 1 aromatic carbocycles. The van der Waals surface area contributed by atoms with Gasteiger partial charge in [0.15, 0.2) is 5.65 Å². The second-order valence-electron chi connectivity index (χ2n) is 7.38. The standard InChI is InChI=1S/C24H28N6/c1-5-30(6-2)23-20(14-21-17(3)28-29(4)24(21)27-23)16-26-22-13-12-19(15-25-22)18-10-8-7-9-11-18/h7-15H,5-6,16H2,1-4H3,(H,25,26). The highest BCUT2D eigenvalue weighted by Gasteiger charge is 2.16. The topological polar surface area (TPSA) is 58.9 Å². The van der Waals surface area contributed by atoms with Crippen molar-refractivity contribution in [2.24, 2.45) is 7.05 Å². The molecular formula is C24H28N6. The molecule has 6 heteroatoms. The first-order valence-electron chi connectivity index (χ1n) is 10.4. The molecule has 4 aromatic rings. The van der Waals surface area contributed by atoms with Gasteiger partial charge in [0.25, 0.3) is 0 Å². The number of pyridine rings is 2. The van der Waals surface area contributed by atoms with E-state index in [1.807, 2.05) is 49.1 Å². The number of benzene rings is 1. The zero-order valence-electron chi connectivity index (χ0n) is 18.1. The van der Waals surface area contributed by atoms with E-state index < -0.39 is 0 Å². The summed E-state index contributed by atoms with van der Waals surface area (Å²) in [6.45, 7) is 8.81. The quantitative estimate of drug-likeness (QED) is 0.483. The summed E-state index contributed by atoms with van der Waals surface area (Å²) in [5.41, 5.74) is 5.35. The van der Waals surface area contributed by atoms with E-state index in [1.54, 1.807) is 0 Å². The van der Waals surface area contributed by atoms with Crippen LogP contribution in [0.5, 0.6) is 0 Å². The number of fused-ring (bicyclic) bond motifs is 1. The number of hydrogen-bond donors (Lipinski definition) is 1. The second kappa shape index (κ2) is 8.53. The molecule has 1 N–H and O–H groups in total.